The number of hydrogen-bond donors (Lipinski definition) is 1. The van der Waals surface area contributed by atoms with E-state index < -0.39 is 0 Å². The van der Waals surface area contributed by atoms with Crippen LogP contribution in [-0.4, -0.2) is 40.0 Å². The maximum absolute atomic E-state index is 13.1. The number of benzene rings is 2. The van der Waals surface area contributed by atoms with Crippen molar-refractivity contribution in [3.8, 4) is 0 Å². The van der Waals surface area contributed by atoms with Gasteiger partial charge in [0.25, 0.3) is 0 Å². The normalized spacial score (nSPS) is 18.0. The van der Waals surface area contributed by atoms with E-state index in [4.69, 9.17) is 16.3 Å². The Balaban J connectivity index is 1.25. The largest absolute Gasteiger partial charge is 0.365 e. The molecule has 1 fully saturated rings. The van der Waals surface area contributed by atoms with Crippen molar-refractivity contribution in [2.45, 2.75) is 31.1 Å². The van der Waals surface area contributed by atoms with Gasteiger partial charge in [0.2, 0.25) is 5.91 Å². The van der Waals surface area contributed by atoms with Gasteiger partial charge in [0.05, 0.1) is 24.8 Å². The summed E-state index contributed by atoms with van der Waals surface area (Å²) < 4.78 is 8.20. The Bertz CT molecular complexity index is 1100. The number of likely N-dealkylation sites (tertiary alicyclic amines) is 1. The third-order valence-corrected chi connectivity index (χ3v) is 6.97. The third kappa shape index (κ3) is 3.94. The topological polar surface area (TPSA) is 59.4 Å². The van der Waals surface area contributed by atoms with Crippen molar-refractivity contribution in [3.05, 3.63) is 88.5 Å². The lowest BCUT2D eigenvalue weighted by Crippen LogP contribution is -2.48. The Labute approximate surface area is 193 Å². The molecule has 1 N–H and O–H groups in total. The summed E-state index contributed by atoms with van der Waals surface area (Å²) in [5, 5.41) is 4.11. The van der Waals surface area contributed by atoms with E-state index in [1.165, 1.54) is 11.1 Å². The van der Waals surface area contributed by atoms with Gasteiger partial charge in [-0.3, -0.25) is 10.1 Å². The molecule has 3 heterocycles. The van der Waals surface area contributed by atoms with Crippen LogP contribution in [0.2, 0.25) is 5.02 Å². The van der Waals surface area contributed by atoms with Gasteiger partial charge in [0, 0.05) is 37.6 Å². The molecule has 2 aromatic carbocycles. The molecule has 0 bridgehead atoms. The molecule has 0 radical (unpaired) electrons. The summed E-state index contributed by atoms with van der Waals surface area (Å²) in [5.41, 5.74) is 3.35. The summed E-state index contributed by atoms with van der Waals surface area (Å²) in [7, 11) is 1.96. The first-order valence-corrected chi connectivity index (χ1v) is 11.4. The molecule has 1 atom stereocenters. The highest BCUT2D eigenvalue weighted by molar-refractivity contribution is 6.30. The van der Waals surface area contributed by atoms with Crippen molar-refractivity contribution in [2.24, 2.45) is 7.05 Å². The summed E-state index contributed by atoms with van der Waals surface area (Å²) in [6, 6.07) is 15.9. The SMILES string of the molecule is Cn1ccnc1C(NCC(=O)N1CCC2(CC1)OCc1ccccc12)c1ccc(Cl)cc1. The van der Waals surface area contributed by atoms with E-state index in [-0.39, 0.29) is 24.1 Å². The number of carbonyl (C=O) groups excluding carboxylic acids is 1. The lowest BCUT2D eigenvalue weighted by atomic mass is 9.84. The van der Waals surface area contributed by atoms with Gasteiger partial charge in [-0.05, 0) is 41.7 Å². The average Bonchev–Trinajstić information content (AvgIpc) is 3.40. The molecular weight excluding hydrogens is 424 g/mol. The molecule has 32 heavy (non-hydrogen) atoms. The Morgan fingerprint density at radius 2 is 1.94 bits per heavy atom. The molecule has 5 rings (SSSR count). The first kappa shape index (κ1) is 21.2. The van der Waals surface area contributed by atoms with Crippen LogP contribution < -0.4 is 5.32 Å². The number of halogens is 1. The minimum absolute atomic E-state index is 0.0966. The summed E-state index contributed by atoms with van der Waals surface area (Å²) >= 11 is 6.07. The molecule has 1 aromatic heterocycles. The minimum Gasteiger partial charge on any atom is -0.365 e. The van der Waals surface area contributed by atoms with Gasteiger partial charge in [0.15, 0.2) is 0 Å². The third-order valence-electron chi connectivity index (χ3n) is 6.71. The molecular formula is C25H27ClN4O2. The van der Waals surface area contributed by atoms with Crippen LogP contribution in [-0.2, 0) is 28.8 Å². The number of fused-ring (bicyclic) bond motifs is 2. The number of hydrogen-bond acceptors (Lipinski definition) is 4. The van der Waals surface area contributed by atoms with E-state index in [2.05, 4.69) is 34.6 Å². The van der Waals surface area contributed by atoms with Crippen molar-refractivity contribution in [1.29, 1.82) is 0 Å². The molecule has 6 nitrogen and oxygen atoms in total. The summed E-state index contributed by atoms with van der Waals surface area (Å²) in [4.78, 5) is 19.5. The van der Waals surface area contributed by atoms with Gasteiger partial charge in [-0.15, -0.1) is 0 Å². The number of nitrogens with one attached hydrogen (secondary N) is 1. The van der Waals surface area contributed by atoms with Crippen LogP contribution in [0.25, 0.3) is 0 Å². The number of piperidine rings is 1. The smallest absolute Gasteiger partial charge is 0.236 e. The molecule has 1 unspecified atom stereocenters. The maximum Gasteiger partial charge on any atom is 0.236 e. The van der Waals surface area contributed by atoms with E-state index in [1.807, 2.05) is 47.0 Å². The highest BCUT2D eigenvalue weighted by Crippen LogP contribution is 2.43. The van der Waals surface area contributed by atoms with Gasteiger partial charge in [-0.25, -0.2) is 4.98 Å². The van der Waals surface area contributed by atoms with E-state index in [1.54, 1.807) is 6.20 Å². The fourth-order valence-corrected chi connectivity index (χ4v) is 5.01. The van der Waals surface area contributed by atoms with Gasteiger partial charge in [-0.2, -0.15) is 0 Å². The van der Waals surface area contributed by atoms with Crippen LogP contribution in [0.5, 0.6) is 0 Å². The number of amides is 1. The fraction of sp³-hybridized carbons (Fsp3) is 0.360. The molecule has 7 heteroatoms. The second-order valence-electron chi connectivity index (χ2n) is 8.58. The molecule has 166 valence electrons. The Kier molecular flexibility index (Phi) is 5.76. The molecule has 0 saturated carbocycles. The van der Waals surface area contributed by atoms with Gasteiger partial charge in [-0.1, -0.05) is 48.0 Å². The lowest BCUT2D eigenvalue weighted by molar-refractivity contribution is -0.137. The Morgan fingerprint density at radius 3 is 2.66 bits per heavy atom. The number of carbonyl (C=O) groups is 1. The average molecular weight is 451 g/mol. The molecule has 0 aliphatic carbocycles. The second kappa shape index (κ2) is 8.70. The zero-order chi connectivity index (χ0) is 22.1. The van der Waals surface area contributed by atoms with Gasteiger partial charge in [0.1, 0.15) is 5.82 Å². The lowest BCUT2D eigenvalue weighted by Gasteiger charge is -2.39. The number of nitrogens with zero attached hydrogens (tertiary/aromatic N) is 3. The standard InChI is InChI=1S/C25H27ClN4O2/c1-29-15-12-27-24(29)23(18-6-8-20(26)9-7-18)28-16-22(31)30-13-10-25(11-14-30)21-5-3-2-4-19(21)17-32-25/h2-9,12,15,23,28H,10-11,13-14,16-17H2,1H3. The van der Waals surface area contributed by atoms with Crippen molar-refractivity contribution in [2.75, 3.05) is 19.6 Å². The molecule has 3 aromatic rings. The van der Waals surface area contributed by atoms with Crippen molar-refractivity contribution < 1.29 is 9.53 Å². The Hall–Kier alpha value is -2.67. The first-order valence-electron chi connectivity index (χ1n) is 11.0. The number of aromatic nitrogens is 2. The van der Waals surface area contributed by atoms with Crippen molar-refractivity contribution >= 4 is 17.5 Å². The van der Waals surface area contributed by atoms with Crippen LogP contribution >= 0.6 is 11.6 Å². The summed E-state index contributed by atoms with van der Waals surface area (Å²) in [6.07, 6.45) is 5.34. The number of rotatable bonds is 5. The summed E-state index contributed by atoms with van der Waals surface area (Å²) in [5.74, 6) is 0.952. The first-order chi connectivity index (χ1) is 15.6. The molecule has 1 amide bonds. The highest BCUT2D eigenvalue weighted by atomic mass is 35.5. The predicted octanol–water partition coefficient (Wildman–Crippen LogP) is 3.80. The highest BCUT2D eigenvalue weighted by Gasteiger charge is 2.43. The molecule has 2 aliphatic heterocycles. The van der Waals surface area contributed by atoms with E-state index in [0.29, 0.717) is 24.7 Å². The molecule has 1 spiro atoms. The number of imidazole rings is 1. The van der Waals surface area contributed by atoms with Crippen LogP contribution in [0.4, 0.5) is 0 Å². The minimum atomic E-state index is -0.237. The molecule has 1 saturated heterocycles. The van der Waals surface area contributed by atoms with Crippen LogP contribution in [0.1, 0.15) is 41.4 Å². The van der Waals surface area contributed by atoms with E-state index in [9.17, 15) is 4.79 Å². The second-order valence-corrected chi connectivity index (χ2v) is 9.02. The molecule has 2 aliphatic rings. The Morgan fingerprint density at radius 1 is 1.19 bits per heavy atom. The van der Waals surface area contributed by atoms with Crippen LogP contribution in [0.3, 0.4) is 0 Å². The summed E-state index contributed by atoms with van der Waals surface area (Å²) in [6.45, 7) is 2.30. The van der Waals surface area contributed by atoms with Gasteiger partial charge < -0.3 is 14.2 Å². The van der Waals surface area contributed by atoms with Crippen molar-refractivity contribution in [3.63, 3.8) is 0 Å². The number of ether oxygens (including phenoxy) is 1. The maximum atomic E-state index is 13.1. The van der Waals surface area contributed by atoms with Gasteiger partial charge >= 0.3 is 0 Å². The van der Waals surface area contributed by atoms with E-state index >= 15 is 0 Å². The monoisotopic (exact) mass is 450 g/mol. The fourth-order valence-electron chi connectivity index (χ4n) is 4.89. The van der Waals surface area contributed by atoms with Crippen molar-refractivity contribution in [1.82, 2.24) is 19.8 Å². The number of aryl methyl sites for hydroxylation is 1. The zero-order valence-corrected chi connectivity index (χ0v) is 18.9. The van der Waals surface area contributed by atoms with Crippen LogP contribution in [0, 0.1) is 0 Å². The zero-order valence-electron chi connectivity index (χ0n) is 18.1. The quantitative estimate of drug-likeness (QED) is 0.642. The van der Waals surface area contributed by atoms with Crippen LogP contribution in [0.15, 0.2) is 60.9 Å². The predicted molar refractivity (Wildman–Crippen MR) is 123 cm³/mol. The van der Waals surface area contributed by atoms with E-state index in [0.717, 1.165) is 24.2 Å².